The summed E-state index contributed by atoms with van der Waals surface area (Å²) in [4.78, 5) is 44.2. The summed E-state index contributed by atoms with van der Waals surface area (Å²) < 4.78 is 0. The highest BCUT2D eigenvalue weighted by Crippen LogP contribution is 2.12. The molecule has 0 heterocycles. The third-order valence-corrected chi connectivity index (χ3v) is 3.37. The number of rotatable bonds is 10. The smallest absolute Gasteiger partial charge is 0.326 e. The number of carbonyl (C=O) groups is 3. The highest BCUT2D eigenvalue weighted by molar-refractivity contribution is 5.96. The molecule has 0 bridgehead atoms. The number of amides is 2. The standard InChI is InChI=1S/C15H20N4O6/c16-9-13(20)17-8-2-1-3-12(15(22)23)18-14(21)10-4-6-11(7-5-10)19(24)25/h4-7,12H,1-3,8-9,16H2,(H,17,20)(H,18,21)(H,22,23)/t12-/m1/s1. The van der Waals surface area contributed by atoms with Crippen LogP contribution in [0.2, 0.25) is 0 Å². The lowest BCUT2D eigenvalue weighted by Gasteiger charge is -2.14. The first-order chi connectivity index (χ1) is 11.8. The minimum absolute atomic E-state index is 0.108. The van der Waals surface area contributed by atoms with Crippen LogP contribution < -0.4 is 16.4 Å². The Bertz CT molecular complexity index is 631. The van der Waals surface area contributed by atoms with Crippen molar-refractivity contribution >= 4 is 23.5 Å². The van der Waals surface area contributed by atoms with Crippen molar-refractivity contribution in [2.45, 2.75) is 25.3 Å². The Morgan fingerprint density at radius 3 is 2.36 bits per heavy atom. The zero-order chi connectivity index (χ0) is 18.8. The molecule has 1 aromatic rings. The van der Waals surface area contributed by atoms with Gasteiger partial charge in [-0.3, -0.25) is 19.7 Å². The third kappa shape index (κ3) is 6.96. The number of nitrogens with two attached hydrogens (primary N) is 1. The lowest BCUT2D eigenvalue weighted by Crippen LogP contribution is -2.40. The van der Waals surface area contributed by atoms with E-state index in [1.54, 1.807) is 0 Å². The molecule has 0 saturated heterocycles. The number of hydrogen-bond donors (Lipinski definition) is 4. The Balaban J connectivity index is 2.50. The number of carboxylic acids is 1. The fourth-order valence-corrected chi connectivity index (χ4v) is 2.01. The summed E-state index contributed by atoms with van der Waals surface area (Å²) in [6.07, 6.45) is 1.21. The number of carbonyl (C=O) groups excluding carboxylic acids is 2. The van der Waals surface area contributed by atoms with E-state index in [1.165, 1.54) is 24.3 Å². The van der Waals surface area contributed by atoms with Gasteiger partial charge in [0.05, 0.1) is 11.5 Å². The number of aliphatic carboxylic acids is 1. The molecule has 1 atom stereocenters. The molecule has 0 saturated carbocycles. The summed E-state index contributed by atoms with van der Waals surface area (Å²) in [5.41, 5.74) is 5.11. The lowest BCUT2D eigenvalue weighted by atomic mass is 10.1. The van der Waals surface area contributed by atoms with E-state index in [4.69, 9.17) is 5.73 Å². The Labute approximate surface area is 143 Å². The van der Waals surface area contributed by atoms with Crippen molar-refractivity contribution in [1.82, 2.24) is 10.6 Å². The first-order valence-electron chi connectivity index (χ1n) is 7.60. The van der Waals surface area contributed by atoms with Crippen LogP contribution in [0.3, 0.4) is 0 Å². The lowest BCUT2D eigenvalue weighted by molar-refractivity contribution is -0.384. The second kappa shape index (κ2) is 9.98. The molecular formula is C15H20N4O6. The summed E-state index contributed by atoms with van der Waals surface area (Å²) >= 11 is 0. The van der Waals surface area contributed by atoms with Crippen molar-refractivity contribution < 1.29 is 24.4 Å². The van der Waals surface area contributed by atoms with Gasteiger partial charge in [-0.2, -0.15) is 0 Å². The molecule has 2 amide bonds. The van der Waals surface area contributed by atoms with E-state index < -0.39 is 22.8 Å². The van der Waals surface area contributed by atoms with E-state index in [0.29, 0.717) is 19.4 Å². The fraction of sp³-hybridized carbons (Fsp3) is 0.400. The summed E-state index contributed by atoms with van der Waals surface area (Å²) in [7, 11) is 0. The SMILES string of the molecule is NCC(=O)NCCCC[C@@H](NC(=O)c1ccc([N+](=O)[O-])cc1)C(=O)O. The topological polar surface area (TPSA) is 165 Å². The van der Waals surface area contributed by atoms with E-state index in [0.717, 1.165) is 0 Å². The van der Waals surface area contributed by atoms with Gasteiger partial charge in [-0.1, -0.05) is 0 Å². The monoisotopic (exact) mass is 352 g/mol. The summed E-state index contributed by atoms with van der Waals surface area (Å²) in [6, 6.07) is 3.77. The van der Waals surface area contributed by atoms with Gasteiger partial charge in [0.25, 0.3) is 11.6 Å². The number of nitrogens with zero attached hydrogens (tertiary/aromatic N) is 1. The predicted molar refractivity (Wildman–Crippen MR) is 87.9 cm³/mol. The summed E-state index contributed by atoms with van der Waals surface area (Å²) in [5.74, 6) is -2.10. The summed E-state index contributed by atoms with van der Waals surface area (Å²) in [5, 5.41) is 24.7. The molecule has 0 spiro atoms. The maximum atomic E-state index is 12.0. The van der Waals surface area contributed by atoms with Crippen LogP contribution in [-0.2, 0) is 9.59 Å². The van der Waals surface area contributed by atoms with Gasteiger partial charge in [0.2, 0.25) is 5.91 Å². The van der Waals surface area contributed by atoms with Crippen molar-refractivity contribution in [1.29, 1.82) is 0 Å². The predicted octanol–water partition coefficient (Wildman–Crippen LogP) is 0.0230. The van der Waals surface area contributed by atoms with Crippen LogP contribution in [0.15, 0.2) is 24.3 Å². The Kier molecular flexibility index (Phi) is 8.00. The van der Waals surface area contributed by atoms with Gasteiger partial charge in [0.15, 0.2) is 0 Å². The average molecular weight is 352 g/mol. The second-order valence-corrected chi connectivity index (χ2v) is 5.22. The van der Waals surface area contributed by atoms with Crippen molar-refractivity contribution in [3.8, 4) is 0 Å². The highest BCUT2D eigenvalue weighted by Gasteiger charge is 2.20. The Morgan fingerprint density at radius 1 is 1.20 bits per heavy atom. The molecule has 136 valence electrons. The largest absolute Gasteiger partial charge is 0.480 e. The molecule has 10 nitrogen and oxygen atoms in total. The van der Waals surface area contributed by atoms with E-state index in [9.17, 15) is 29.6 Å². The molecule has 10 heteroatoms. The van der Waals surface area contributed by atoms with Crippen LogP contribution in [0.1, 0.15) is 29.6 Å². The summed E-state index contributed by atoms with van der Waals surface area (Å²) in [6.45, 7) is 0.266. The van der Waals surface area contributed by atoms with E-state index in [1.807, 2.05) is 0 Å². The Morgan fingerprint density at radius 2 is 1.84 bits per heavy atom. The van der Waals surface area contributed by atoms with Gasteiger partial charge in [0.1, 0.15) is 6.04 Å². The zero-order valence-electron chi connectivity index (χ0n) is 13.4. The number of nitrogens with one attached hydrogen (secondary N) is 2. The van der Waals surface area contributed by atoms with Gasteiger partial charge < -0.3 is 21.5 Å². The highest BCUT2D eigenvalue weighted by atomic mass is 16.6. The van der Waals surface area contributed by atoms with Gasteiger partial charge in [-0.15, -0.1) is 0 Å². The minimum Gasteiger partial charge on any atom is -0.480 e. The van der Waals surface area contributed by atoms with Crippen LogP contribution in [0.5, 0.6) is 0 Å². The van der Waals surface area contributed by atoms with E-state index >= 15 is 0 Å². The molecule has 0 unspecified atom stereocenters. The van der Waals surface area contributed by atoms with Crippen LogP contribution in [0, 0.1) is 10.1 Å². The van der Waals surface area contributed by atoms with Crippen molar-refractivity contribution in [2.24, 2.45) is 5.73 Å². The quantitative estimate of drug-likeness (QED) is 0.262. The molecule has 1 rings (SSSR count). The van der Waals surface area contributed by atoms with Crippen LogP contribution in [0.4, 0.5) is 5.69 Å². The molecule has 0 aromatic heterocycles. The normalized spacial score (nSPS) is 11.4. The van der Waals surface area contributed by atoms with Gasteiger partial charge >= 0.3 is 5.97 Å². The average Bonchev–Trinajstić information content (AvgIpc) is 2.59. The van der Waals surface area contributed by atoms with Gasteiger partial charge in [0, 0.05) is 24.2 Å². The maximum Gasteiger partial charge on any atom is 0.326 e. The minimum atomic E-state index is -1.18. The van der Waals surface area contributed by atoms with E-state index in [2.05, 4.69) is 10.6 Å². The maximum absolute atomic E-state index is 12.0. The third-order valence-electron chi connectivity index (χ3n) is 3.37. The van der Waals surface area contributed by atoms with Crippen LogP contribution in [0.25, 0.3) is 0 Å². The number of nitro groups is 1. The zero-order valence-corrected chi connectivity index (χ0v) is 13.4. The van der Waals surface area contributed by atoms with Crippen LogP contribution in [-0.4, -0.2) is 46.9 Å². The fourth-order valence-electron chi connectivity index (χ4n) is 2.01. The number of hydrogen-bond acceptors (Lipinski definition) is 6. The molecule has 0 aliphatic rings. The second-order valence-electron chi connectivity index (χ2n) is 5.22. The van der Waals surface area contributed by atoms with E-state index in [-0.39, 0.29) is 30.1 Å². The number of carboxylic acid groups (broad SMARTS) is 1. The molecule has 5 N–H and O–H groups in total. The molecule has 1 aromatic carbocycles. The van der Waals surface area contributed by atoms with Gasteiger partial charge in [-0.05, 0) is 31.4 Å². The first-order valence-corrected chi connectivity index (χ1v) is 7.60. The number of unbranched alkanes of at least 4 members (excludes halogenated alkanes) is 1. The molecule has 0 radical (unpaired) electrons. The van der Waals surface area contributed by atoms with Crippen molar-refractivity contribution in [3.63, 3.8) is 0 Å². The molecular weight excluding hydrogens is 332 g/mol. The number of benzene rings is 1. The van der Waals surface area contributed by atoms with Crippen molar-refractivity contribution in [2.75, 3.05) is 13.1 Å². The number of nitro benzene ring substituents is 1. The molecule has 0 aliphatic carbocycles. The number of non-ortho nitro benzene ring substituents is 1. The van der Waals surface area contributed by atoms with Crippen LogP contribution >= 0.6 is 0 Å². The molecule has 0 fully saturated rings. The first kappa shape index (κ1) is 20.0. The molecule has 0 aliphatic heterocycles. The van der Waals surface area contributed by atoms with Crippen molar-refractivity contribution in [3.05, 3.63) is 39.9 Å². The molecule has 25 heavy (non-hydrogen) atoms. The Hall–Kier alpha value is -3.01. The van der Waals surface area contributed by atoms with Gasteiger partial charge in [-0.25, -0.2) is 4.79 Å².